The van der Waals surface area contributed by atoms with Crippen LogP contribution in [0.15, 0.2) is 53.7 Å². The molecule has 0 aliphatic carbocycles. The highest BCUT2D eigenvalue weighted by Gasteiger charge is 2.22. The lowest BCUT2D eigenvalue weighted by atomic mass is 10.1. The summed E-state index contributed by atoms with van der Waals surface area (Å²) in [6.45, 7) is 2.00. The number of hydrogen-bond donors (Lipinski definition) is 2. The Morgan fingerprint density at radius 1 is 0.971 bits per heavy atom. The lowest BCUT2D eigenvalue weighted by Crippen LogP contribution is -2.35. The van der Waals surface area contributed by atoms with E-state index in [1.807, 2.05) is 34.9 Å². The Hall–Kier alpha value is -3.73. The summed E-state index contributed by atoms with van der Waals surface area (Å²) in [7, 11) is 0. The van der Waals surface area contributed by atoms with Crippen LogP contribution in [0.2, 0.25) is 0 Å². The van der Waals surface area contributed by atoms with Gasteiger partial charge in [-0.15, -0.1) is 10.2 Å². The van der Waals surface area contributed by atoms with Gasteiger partial charge in [0.2, 0.25) is 18.6 Å². The molecule has 1 fully saturated rings. The first-order valence-electron chi connectivity index (χ1n) is 11.1. The Balaban J connectivity index is 1.23. The van der Waals surface area contributed by atoms with Crippen molar-refractivity contribution in [2.75, 3.05) is 35.9 Å². The maximum Gasteiger partial charge on any atom is 0.325 e. The maximum absolute atomic E-state index is 12.5. The summed E-state index contributed by atoms with van der Waals surface area (Å²) in [5.41, 5.74) is 1.42. The van der Waals surface area contributed by atoms with Gasteiger partial charge in [-0.2, -0.15) is 0 Å². The molecular formula is C23H24N6O4S. The van der Waals surface area contributed by atoms with E-state index in [0.29, 0.717) is 22.3 Å². The highest BCUT2D eigenvalue weighted by atomic mass is 32.2. The van der Waals surface area contributed by atoms with Gasteiger partial charge in [0.25, 0.3) is 0 Å². The van der Waals surface area contributed by atoms with E-state index in [4.69, 9.17) is 9.47 Å². The van der Waals surface area contributed by atoms with E-state index in [2.05, 4.69) is 25.7 Å². The lowest BCUT2D eigenvalue weighted by Gasteiger charge is -2.27. The van der Waals surface area contributed by atoms with Crippen LogP contribution >= 0.6 is 11.8 Å². The minimum atomic E-state index is -0.622. The van der Waals surface area contributed by atoms with E-state index < -0.39 is 11.9 Å². The zero-order chi connectivity index (χ0) is 23.3. The number of amides is 3. The fraction of sp³-hybridized carbons (Fsp3) is 0.304. The number of urea groups is 1. The number of thioether (sulfide) groups is 1. The Kier molecular flexibility index (Phi) is 6.52. The second kappa shape index (κ2) is 10.0. The number of anilines is 2. The van der Waals surface area contributed by atoms with Gasteiger partial charge in [0.15, 0.2) is 16.7 Å². The summed E-state index contributed by atoms with van der Waals surface area (Å²) < 4.78 is 12.5. The number of carbonyl (C=O) groups is 2. The number of para-hydroxylation sites is 1. The maximum atomic E-state index is 12.5. The van der Waals surface area contributed by atoms with Gasteiger partial charge in [-0.25, -0.2) is 4.79 Å². The Morgan fingerprint density at radius 3 is 2.59 bits per heavy atom. The molecule has 1 aromatic heterocycles. The fourth-order valence-corrected chi connectivity index (χ4v) is 4.63. The molecule has 3 heterocycles. The van der Waals surface area contributed by atoms with E-state index in [-0.39, 0.29) is 12.5 Å². The highest BCUT2D eigenvalue weighted by molar-refractivity contribution is 7.99. The van der Waals surface area contributed by atoms with E-state index in [1.165, 1.54) is 18.2 Å². The van der Waals surface area contributed by atoms with Crippen LogP contribution in [-0.4, -0.2) is 52.3 Å². The molecule has 0 spiro atoms. The number of piperidine rings is 1. The molecule has 3 amide bonds. The molecule has 2 aromatic carbocycles. The predicted molar refractivity (Wildman–Crippen MR) is 128 cm³/mol. The van der Waals surface area contributed by atoms with Crippen LogP contribution in [0.4, 0.5) is 16.4 Å². The first kappa shape index (κ1) is 22.1. The highest BCUT2D eigenvalue weighted by Crippen LogP contribution is 2.34. The van der Waals surface area contributed by atoms with Crippen LogP contribution in [0.1, 0.15) is 19.3 Å². The van der Waals surface area contributed by atoms with Crippen molar-refractivity contribution in [2.45, 2.75) is 24.4 Å². The van der Waals surface area contributed by atoms with Crippen LogP contribution in [-0.2, 0) is 4.79 Å². The average Bonchev–Trinajstić information content (AvgIpc) is 3.50. The molecule has 2 aliphatic rings. The molecule has 0 saturated carbocycles. The van der Waals surface area contributed by atoms with Crippen LogP contribution in [0, 0.1) is 0 Å². The molecular weight excluding hydrogens is 456 g/mol. The predicted octanol–water partition coefficient (Wildman–Crippen LogP) is 3.43. The fourth-order valence-electron chi connectivity index (χ4n) is 3.89. The Bertz CT molecular complexity index is 1180. The van der Waals surface area contributed by atoms with Gasteiger partial charge >= 0.3 is 6.03 Å². The molecule has 11 heteroatoms. The monoisotopic (exact) mass is 480 g/mol. The standard InChI is InChI=1S/C23H24N6O4S/c30-20(25-21(31)24-16-9-10-18-19(13-16)33-15-32-18)14-34-23-27-26-22(28-11-5-2-6-12-28)29(23)17-7-3-1-4-8-17/h1,3-4,7-10,13H,2,5-6,11-12,14-15H2,(H2,24,25,30,31). The van der Waals surface area contributed by atoms with Crippen molar-refractivity contribution in [1.29, 1.82) is 0 Å². The first-order valence-corrected chi connectivity index (χ1v) is 12.0. The van der Waals surface area contributed by atoms with Gasteiger partial charge in [0.1, 0.15) is 0 Å². The largest absolute Gasteiger partial charge is 0.454 e. The first-order chi connectivity index (χ1) is 16.7. The molecule has 5 rings (SSSR count). The summed E-state index contributed by atoms with van der Waals surface area (Å²) in [5.74, 6) is 1.51. The van der Waals surface area contributed by atoms with Crippen LogP contribution in [0.25, 0.3) is 5.69 Å². The third-order valence-electron chi connectivity index (χ3n) is 5.49. The SMILES string of the molecule is O=C(CSc1nnc(N2CCCCC2)n1-c1ccccc1)NC(=O)Nc1ccc2c(c1)OCO2. The minimum Gasteiger partial charge on any atom is -0.454 e. The van der Waals surface area contributed by atoms with Crippen LogP contribution in [0.5, 0.6) is 11.5 Å². The second-order valence-electron chi connectivity index (χ2n) is 7.86. The number of nitrogens with zero attached hydrogens (tertiary/aromatic N) is 4. The third kappa shape index (κ3) is 4.93. The van der Waals surface area contributed by atoms with Crippen molar-refractivity contribution in [3.8, 4) is 17.2 Å². The quantitative estimate of drug-likeness (QED) is 0.517. The molecule has 176 valence electrons. The van der Waals surface area contributed by atoms with Crippen molar-refractivity contribution >= 4 is 35.3 Å². The van der Waals surface area contributed by atoms with E-state index in [0.717, 1.165) is 37.6 Å². The molecule has 34 heavy (non-hydrogen) atoms. The number of carbonyl (C=O) groups excluding carboxylic acids is 2. The number of rotatable bonds is 6. The van der Waals surface area contributed by atoms with Crippen molar-refractivity contribution in [1.82, 2.24) is 20.1 Å². The smallest absolute Gasteiger partial charge is 0.325 e. The minimum absolute atomic E-state index is 0.0134. The van der Waals surface area contributed by atoms with E-state index >= 15 is 0 Å². The summed E-state index contributed by atoms with van der Waals surface area (Å²) in [4.78, 5) is 27.0. The van der Waals surface area contributed by atoms with Gasteiger partial charge in [-0.1, -0.05) is 30.0 Å². The summed E-state index contributed by atoms with van der Waals surface area (Å²) in [5, 5.41) is 14.3. The zero-order valence-electron chi connectivity index (χ0n) is 18.4. The van der Waals surface area contributed by atoms with Crippen LogP contribution < -0.4 is 25.0 Å². The number of imide groups is 1. The zero-order valence-corrected chi connectivity index (χ0v) is 19.2. The number of ether oxygens (including phenoxy) is 2. The van der Waals surface area contributed by atoms with Gasteiger partial charge in [0.05, 0.1) is 11.4 Å². The number of benzene rings is 2. The molecule has 10 nitrogen and oxygen atoms in total. The van der Waals surface area contributed by atoms with Crippen molar-refractivity contribution in [3.63, 3.8) is 0 Å². The number of aromatic nitrogens is 3. The third-order valence-corrected chi connectivity index (χ3v) is 6.41. The number of nitrogens with one attached hydrogen (secondary N) is 2. The van der Waals surface area contributed by atoms with Gasteiger partial charge < -0.3 is 19.7 Å². The van der Waals surface area contributed by atoms with Crippen molar-refractivity contribution in [2.24, 2.45) is 0 Å². The van der Waals surface area contributed by atoms with Crippen molar-refractivity contribution in [3.05, 3.63) is 48.5 Å². The van der Waals surface area contributed by atoms with E-state index in [1.54, 1.807) is 18.2 Å². The molecule has 3 aromatic rings. The second-order valence-corrected chi connectivity index (χ2v) is 8.80. The molecule has 0 bridgehead atoms. The molecule has 1 saturated heterocycles. The average molecular weight is 481 g/mol. The van der Waals surface area contributed by atoms with Gasteiger partial charge in [-0.3, -0.25) is 14.7 Å². The van der Waals surface area contributed by atoms with Gasteiger partial charge in [-0.05, 0) is 43.5 Å². The van der Waals surface area contributed by atoms with Crippen molar-refractivity contribution < 1.29 is 19.1 Å². The molecule has 0 radical (unpaired) electrons. The Labute approximate surface area is 200 Å². The Morgan fingerprint density at radius 2 is 1.76 bits per heavy atom. The summed E-state index contributed by atoms with van der Waals surface area (Å²) in [6, 6.07) is 14.2. The van der Waals surface area contributed by atoms with E-state index in [9.17, 15) is 9.59 Å². The summed E-state index contributed by atoms with van der Waals surface area (Å²) >= 11 is 1.23. The normalized spacial score (nSPS) is 14.6. The number of fused-ring (bicyclic) bond motifs is 1. The lowest BCUT2D eigenvalue weighted by molar-refractivity contribution is -0.117. The summed E-state index contributed by atoms with van der Waals surface area (Å²) in [6.07, 6.45) is 3.45. The molecule has 0 unspecified atom stereocenters. The molecule has 0 atom stereocenters. The number of hydrogen-bond acceptors (Lipinski definition) is 8. The molecule has 2 N–H and O–H groups in total. The van der Waals surface area contributed by atoms with Crippen LogP contribution in [0.3, 0.4) is 0 Å². The topological polar surface area (TPSA) is 111 Å². The van der Waals surface area contributed by atoms with Gasteiger partial charge in [0, 0.05) is 24.8 Å². The molecule has 2 aliphatic heterocycles.